The van der Waals surface area contributed by atoms with Crippen LogP contribution in [0.25, 0.3) is 5.69 Å². The molecule has 7 nitrogen and oxygen atoms in total. The van der Waals surface area contributed by atoms with Crippen molar-refractivity contribution >= 4 is 11.7 Å². The summed E-state index contributed by atoms with van der Waals surface area (Å²) >= 11 is 0. The van der Waals surface area contributed by atoms with Gasteiger partial charge in [0.1, 0.15) is 17.4 Å². The Labute approximate surface area is 185 Å². The summed E-state index contributed by atoms with van der Waals surface area (Å²) < 4.78 is 20.0. The van der Waals surface area contributed by atoms with E-state index in [1.807, 2.05) is 29.2 Å². The summed E-state index contributed by atoms with van der Waals surface area (Å²) in [6, 6.07) is 16.4. The Balaban J connectivity index is 1.45. The maximum absolute atomic E-state index is 13.6. The molecule has 0 aliphatic carbocycles. The van der Waals surface area contributed by atoms with Gasteiger partial charge in [-0.3, -0.25) is 9.59 Å². The zero-order chi connectivity index (χ0) is 22.5. The van der Waals surface area contributed by atoms with Crippen molar-refractivity contribution in [2.45, 2.75) is 19.4 Å². The van der Waals surface area contributed by atoms with Gasteiger partial charge in [-0.15, -0.1) is 5.10 Å². The molecule has 1 fully saturated rings. The van der Waals surface area contributed by atoms with E-state index in [9.17, 15) is 14.0 Å². The standard InChI is InChI=1S/C24H25FN4O3/c1-32-21-9-2-5-17(13-21)15-26-24(31)18-6-4-12-28(16-18)22-10-11-23(30)29(27-22)20-8-3-7-19(25)14-20/h2-3,5,7-11,13-14,18H,4,6,12,15-16H2,1H3,(H,26,31). The molecule has 1 aliphatic heterocycles. The summed E-state index contributed by atoms with van der Waals surface area (Å²) in [4.78, 5) is 27.1. The van der Waals surface area contributed by atoms with E-state index in [1.165, 1.54) is 28.9 Å². The number of methoxy groups -OCH3 is 1. The van der Waals surface area contributed by atoms with Crippen LogP contribution in [0.5, 0.6) is 5.75 Å². The Bertz CT molecular complexity index is 1160. The molecule has 1 unspecified atom stereocenters. The minimum Gasteiger partial charge on any atom is -0.497 e. The van der Waals surface area contributed by atoms with E-state index in [-0.39, 0.29) is 17.4 Å². The van der Waals surface area contributed by atoms with Crippen LogP contribution in [0.4, 0.5) is 10.2 Å². The molecule has 3 aromatic rings. The number of halogens is 1. The fraction of sp³-hybridized carbons (Fsp3) is 0.292. The smallest absolute Gasteiger partial charge is 0.271 e. The van der Waals surface area contributed by atoms with Gasteiger partial charge < -0.3 is 15.0 Å². The first kappa shape index (κ1) is 21.5. The Hall–Kier alpha value is -3.68. The van der Waals surface area contributed by atoms with E-state index in [0.29, 0.717) is 24.6 Å². The van der Waals surface area contributed by atoms with E-state index in [0.717, 1.165) is 30.7 Å². The first-order valence-corrected chi connectivity index (χ1v) is 10.6. The minimum absolute atomic E-state index is 0.0176. The Morgan fingerprint density at radius 2 is 2.03 bits per heavy atom. The second-order valence-electron chi connectivity index (χ2n) is 7.78. The number of ether oxygens (including phenoxy) is 1. The molecule has 0 spiro atoms. The highest BCUT2D eigenvalue weighted by Gasteiger charge is 2.27. The fourth-order valence-corrected chi connectivity index (χ4v) is 3.88. The first-order valence-electron chi connectivity index (χ1n) is 10.6. The molecule has 0 bridgehead atoms. The van der Waals surface area contributed by atoms with E-state index >= 15 is 0 Å². The zero-order valence-electron chi connectivity index (χ0n) is 17.8. The molecule has 1 aromatic heterocycles. The molecule has 0 saturated carbocycles. The molecule has 2 heterocycles. The van der Waals surface area contributed by atoms with Crippen LogP contribution < -0.4 is 20.5 Å². The third-order valence-electron chi connectivity index (χ3n) is 5.56. The first-order chi connectivity index (χ1) is 15.5. The molecule has 8 heteroatoms. The van der Waals surface area contributed by atoms with Crippen LogP contribution in [0, 0.1) is 11.7 Å². The average Bonchev–Trinajstić information content (AvgIpc) is 2.83. The van der Waals surface area contributed by atoms with Gasteiger partial charge in [0.25, 0.3) is 5.56 Å². The van der Waals surface area contributed by atoms with Gasteiger partial charge in [0, 0.05) is 25.7 Å². The summed E-state index contributed by atoms with van der Waals surface area (Å²) in [5.74, 6) is 0.688. The van der Waals surface area contributed by atoms with Crippen LogP contribution in [-0.4, -0.2) is 35.9 Å². The third-order valence-corrected chi connectivity index (χ3v) is 5.56. The van der Waals surface area contributed by atoms with Gasteiger partial charge in [-0.25, -0.2) is 4.39 Å². The molecule has 4 rings (SSSR count). The second kappa shape index (κ2) is 9.64. The summed E-state index contributed by atoms with van der Waals surface area (Å²) in [6.45, 7) is 1.65. The van der Waals surface area contributed by atoms with Gasteiger partial charge in [0.05, 0.1) is 18.7 Å². The number of benzene rings is 2. The van der Waals surface area contributed by atoms with Crippen LogP contribution in [0.15, 0.2) is 65.5 Å². The monoisotopic (exact) mass is 436 g/mol. The molecule has 166 valence electrons. The lowest BCUT2D eigenvalue weighted by Gasteiger charge is -2.33. The van der Waals surface area contributed by atoms with Crippen LogP contribution >= 0.6 is 0 Å². The molecular formula is C24H25FN4O3. The van der Waals surface area contributed by atoms with Crippen molar-refractivity contribution in [1.82, 2.24) is 15.1 Å². The van der Waals surface area contributed by atoms with Crippen LogP contribution in [0.2, 0.25) is 0 Å². The quantitative estimate of drug-likeness (QED) is 0.643. The summed E-state index contributed by atoms with van der Waals surface area (Å²) in [7, 11) is 1.61. The van der Waals surface area contributed by atoms with Crippen molar-refractivity contribution in [1.29, 1.82) is 0 Å². The van der Waals surface area contributed by atoms with Gasteiger partial charge >= 0.3 is 0 Å². The third kappa shape index (κ3) is 4.96. The highest BCUT2D eigenvalue weighted by Crippen LogP contribution is 2.22. The summed E-state index contributed by atoms with van der Waals surface area (Å²) in [5.41, 5.74) is 0.986. The molecule has 0 radical (unpaired) electrons. The molecule has 1 N–H and O–H groups in total. The number of aromatic nitrogens is 2. The van der Waals surface area contributed by atoms with Crippen LogP contribution in [0.1, 0.15) is 18.4 Å². The minimum atomic E-state index is -0.438. The highest BCUT2D eigenvalue weighted by atomic mass is 19.1. The van der Waals surface area contributed by atoms with Gasteiger partial charge in [0.15, 0.2) is 0 Å². The SMILES string of the molecule is COc1cccc(CNC(=O)C2CCCN(c3ccc(=O)n(-c4cccc(F)c4)n3)C2)c1. The molecule has 32 heavy (non-hydrogen) atoms. The van der Waals surface area contributed by atoms with E-state index in [2.05, 4.69) is 10.4 Å². The number of nitrogens with one attached hydrogen (secondary N) is 1. The lowest BCUT2D eigenvalue weighted by Crippen LogP contribution is -2.43. The van der Waals surface area contributed by atoms with Crippen LogP contribution in [-0.2, 0) is 11.3 Å². The van der Waals surface area contributed by atoms with Crippen LogP contribution in [0.3, 0.4) is 0 Å². The number of hydrogen-bond donors (Lipinski definition) is 1. The number of carbonyl (C=O) groups is 1. The van der Waals surface area contributed by atoms with E-state index < -0.39 is 5.82 Å². The van der Waals surface area contributed by atoms with Gasteiger partial charge in [-0.05, 0) is 54.8 Å². The second-order valence-corrected chi connectivity index (χ2v) is 7.78. The maximum atomic E-state index is 13.6. The van der Waals surface area contributed by atoms with Gasteiger partial charge in [-0.1, -0.05) is 18.2 Å². The maximum Gasteiger partial charge on any atom is 0.271 e. The normalized spacial score (nSPS) is 15.9. The topological polar surface area (TPSA) is 76.5 Å². The van der Waals surface area contributed by atoms with Crippen molar-refractivity contribution in [2.75, 3.05) is 25.1 Å². The number of amides is 1. The van der Waals surface area contributed by atoms with Crippen molar-refractivity contribution in [3.05, 3.63) is 82.4 Å². The predicted octanol–water partition coefficient (Wildman–Crippen LogP) is 2.91. The molecular weight excluding hydrogens is 411 g/mol. The Kier molecular flexibility index (Phi) is 6.49. The zero-order valence-corrected chi connectivity index (χ0v) is 17.8. The number of rotatable bonds is 6. The Morgan fingerprint density at radius 1 is 1.19 bits per heavy atom. The number of anilines is 1. The van der Waals surface area contributed by atoms with E-state index in [1.54, 1.807) is 19.2 Å². The van der Waals surface area contributed by atoms with Crippen molar-refractivity contribution in [2.24, 2.45) is 5.92 Å². The number of nitrogens with zero attached hydrogens (tertiary/aromatic N) is 3. The molecule has 1 amide bonds. The highest BCUT2D eigenvalue weighted by molar-refractivity contribution is 5.79. The number of carbonyl (C=O) groups excluding carboxylic acids is 1. The lowest BCUT2D eigenvalue weighted by molar-refractivity contribution is -0.125. The fourth-order valence-electron chi connectivity index (χ4n) is 3.88. The molecule has 1 aliphatic rings. The molecule has 1 atom stereocenters. The average molecular weight is 436 g/mol. The van der Waals surface area contributed by atoms with Gasteiger partial charge in [0.2, 0.25) is 5.91 Å². The van der Waals surface area contributed by atoms with Crippen molar-refractivity contribution in [3.8, 4) is 11.4 Å². The van der Waals surface area contributed by atoms with Crippen molar-refractivity contribution < 1.29 is 13.9 Å². The van der Waals surface area contributed by atoms with E-state index in [4.69, 9.17) is 4.74 Å². The summed E-state index contributed by atoms with van der Waals surface area (Å²) in [6.07, 6.45) is 1.61. The number of hydrogen-bond acceptors (Lipinski definition) is 5. The van der Waals surface area contributed by atoms with Gasteiger partial charge in [-0.2, -0.15) is 4.68 Å². The molecule has 2 aromatic carbocycles. The number of piperidine rings is 1. The molecule has 1 saturated heterocycles. The largest absolute Gasteiger partial charge is 0.497 e. The summed E-state index contributed by atoms with van der Waals surface area (Å²) in [5, 5.41) is 7.44. The van der Waals surface area contributed by atoms with Crippen molar-refractivity contribution in [3.63, 3.8) is 0 Å². The Morgan fingerprint density at radius 3 is 2.84 bits per heavy atom. The predicted molar refractivity (Wildman–Crippen MR) is 120 cm³/mol. The lowest BCUT2D eigenvalue weighted by atomic mass is 9.97.